The maximum absolute atomic E-state index is 11.8. The van der Waals surface area contributed by atoms with Gasteiger partial charge in [0.15, 0.2) is 0 Å². The van der Waals surface area contributed by atoms with Crippen molar-refractivity contribution in [2.45, 2.75) is 0 Å². The van der Waals surface area contributed by atoms with Gasteiger partial charge in [-0.05, 0) is 62.6 Å². The molecule has 13 aromatic rings. The smallest absolute Gasteiger partial charge is 0.277 e. The van der Waals surface area contributed by atoms with E-state index in [2.05, 4.69) is 151 Å². The lowest BCUT2D eigenvalue weighted by Crippen LogP contribution is -1.92. The van der Waals surface area contributed by atoms with E-state index in [0.29, 0.717) is 5.56 Å². The number of aromatic nitrogens is 1. The quantitative estimate of drug-likeness (QED) is 0.108. The van der Waals surface area contributed by atoms with Crippen LogP contribution in [0.5, 0.6) is 0 Å². The first kappa shape index (κ1) is 33.1. The summed E-state index contributed by atoms with van der Waals surface area (Å²) in [5.41, 5.74) is 4.17. The van der Waals surface area contributed by atoms with Gasteiger partial charge in [-0.15, -0.1) is 22.7 Å². The number of thiophene rings is 2. The number of benzene rings is 10. The number of fused-ring (bicyclic) bond motifs is 19. The first-order valence-electron chi connectivity index (χ1n) is 19.3. The van der Waals surface area contributed by atoms with Crippen molar-refractivity contribution in [1.82, 2.24) is 4.98 Å². The fourth-order valence-electron chi connectivity index (χ4n) is 9.25. The Bertz CT molecular complexity index is 3850. The topological polar surface area (TPSA) is 58.9 Å². The first-order valence-corrected chi connectivity index (χ1v) is 20.9. The van der Waals surface area contributed by atoms with Crippen molar-refractivity contribution >= 4 is 134 Å². The summed E-state index contributed by atoms with van der Waals surface area (Å²) in [4.78, 5) is 15.2. The van der Waals surface area contributed by atoms with Crippen LogP contribution in [0.4, 0.5) is 5.69 Å². The molecule has 0 aliphatic carbocycles. The van der Waals surface area contributed by atoms with Crippen molar-refractivity contribution < 1.29 is 4.92 Å². The van der Waals surface area contributed by atoms with Crippen LogP contribution in [0.3, 0.4) is 0 Å². The molecule has 0 unspecified atom stereocenters. The summed E-state index contributed by atoms with van der Waals surface area (Å²) in [6, 6.07) is 61.0. The molecule has 0 aliphatic heterocycles. The third kappa shape index (κ3) is 4.79. The van der Waals surface area contributed by atoms with E-state index in [1.54, 1.807) is 23.5 Å². The van der Waals surface area contributed by atoms with Crippen LogP contribution in [0.2, 0.25) is 0 Å². The van der Waals surface area contributed by atoms with Gasteiger partial charge in [0.05, 0.1) is 16.0 Å². The van der Waals surface area contributed by atoms with Crippen molar-refractivity contribution in [2.24, 2.45) is 0 Å². The number of hydrogen-bond donors (Lipinski definition) is 1. The molecule has 4 nitrogen and oxygen atoms in total. The molecular weight excluding hydrogens is 749 g/mol. The Hall–Kier alpha value is -7.12. The zero-order valence-corrected chi connectivity index (χ0v) is 32.5. The highest BCUT2D eigenvalue weighted by atomic mass is 32.1. The van der Waals surface area contributed by atoms with E-state index in [0.717, 1.165) is 15.6 Å². The largest absolute Gasteiger partial charge is 0.354 e. The predicted molar refractivity (Wildman–Crippen MR) is 250 cm³/mol. The molecule has 13 rings (SSSR count). The number of hydrogen-bond acceptors (Lipinski definition) is 4. The lowest BCUT2D eigenvalue weighted by atomic mass is 9.93. The van der Waals surface area contributed by atoms with Crippen molar-refractivity contribution in [3.05, 3.63) is 186 Å². The van der Waals surface area contributed by atoms with Crippen LogP contribution in [-0.4, -0.2) is 9.91 Å². The van der Waals surface area contributed by atoms with Crippen LogP contribution in [0.15, 0.2) is 176 Å². The van der Waals surface area contributed by atoms with Gasteiger partial charge < -0.3 is 4.98 Å². The van der Waals surface area contributed by atoms with Gasteiger partial charge in [0, 0.05) is 79.0 Å². The Morgan fingerprint density at radius 2 is 0.948 bits per heavy atom. The van der Waals surface area contributed by atoms with E-state index in [1.165, 1.54) is 95.2 Å². The van der Waals surface area contributed by atoms with Crippen LogP contribution >= 0.6 is 22.7 Å². The van der Waals surface area contributed by atoms with E-state index < -0.39 is 0 Å². The van der Waals surface area contributed by atoms with Crippen LogP contribution < -0.4 is 0 Å². The molecule has 0 radical (unpaired) electrons. The van der Waals surface area contributed by atoms with Gasteiger partial charge in [-0.3, -0.25) is 10.1 Å². The fourth-order valence-corrected chi connectivity index (χ4v) is 11.8. The molecule has 0 amide bonds. The molecule has 6 heteroatoms. The van der Waals surface area contributed by atoms with Crippen LogP contribution in [0, 0.1) is 10.1 Å². The number of nitro groups is 1. The van der Waals surface area contributed by atoms with Gasteiger partial charge in [-0.2, -0.15) is 0 Å². The number of para-hydroxylation sites is 2. The standard InChI is InChI=1S/C26H15NO2S.C26H15NS/c28-27(29)22-11-5-3-9-19(22)21-15-17-14-13-16-7-1-2-8-18(16)24(17)25-20-10-4-6-12-23(20)30-26(21)25;1-2-8-16-15(7-1)13-14-19-22(16)23-18-10-4-6-12-21(18)28-26(23)24-17-9-3-5-11-20(17)27-25(19)24/h1-15H;1-14,27H. The normalized spacial score (nSPS) is 11.9. The highest BCUT2D eigenvalue weighted by Crippen LogP contribution is 2.49. The number of nitrogens with zero attached hydrogens (tertiary/aromatic N) is 1. The molecule has 0 fully saturated rings. The highest BCUT2D eigenvalue weighted by molar-refractivity contribution is 7.27. The Kier molecular flexibility index (Phi) is 7.24. The van der Waals surface area contributed by atoms with E-state index in [-0.39, 0.29) is 10.6 Å². The number of nitrogens with one attached hydrogen (secondary N) is 1. The molecule has 58 heavy (non-hydrogen) atoms. The second-order valence-electron chi connectivity index (χ2n) is 14.8. The zero-order valence-electron chi connectivity index (χ0n) is 30.8. The fraction of sp³-hybridized carbons (Fsp3) is 0. The van der Waals surface area contributed by atoms with Gasteiger partial charge in [0.25, 0.3) is 5.69 Å². The second-order valence-corrected chi connectivity index (χ2v) is 16.9. The van der Waals surface area contributed by atoms with Gasteiger partial charge in [0.2, 0.25) is 0 Å². The summed E-state index contributed by atoms with van der Waals surface area (Å²) < 4.78 is 5.02. The summed E-state index contributed by atoms with van der Waals surface area (Å²) >= 11 is 3.62. The monoisotopic (exact) mass is 778 g/mol. The van der Waals surface area contributed by atoms with E-state index in [4.69, 9.17) is 0 Å². The lowest BCUT2D eigenvalue weighted by molar-refractivity contribution is -0.384. The van der Waals surface area contributed by atoms with Gasteiger partial charge in [0.1, 0.15) is 0 Å². The first-order chi connectivity index (χ1) is 28.6. The number of aromatic amines is 1. The number of rotatable bonds is 2. The van der Waals surface area contributed by atoms with Gasteiger partial charge in [-0.25, -0.2) is 0 Å². The highest BCUT2D eigenvalue weighted by Gasteiger charge is 2.22. The molecule has 272 valence electrons. The van der Waals surface area contributed by atoms with E-state index >= 15 is 0 Å². The minimum Gasteiger partial charge on any atom is -0.354 e. The average Bonchev–Trinajstić information content (AvgIpc) is 3.98. The minimum absolute atomic E-state index is 0.136. The molecule has 10 aromatic carbocycles. The number of nitro benzene ring substituents is 1. The summed E-state index contributed by atoms with van der Waals surface area (Å²) in [6.07, 6.45) is 0. The molecule has 0 bridgehead atoms. The Balaban J connectivity index is 0.000000126. The van der Waals surface area contributed by atoms with Crippen molar-refractivity contribution in [3.63, 3.8) is 0 Å². The van der Waals surface area contributed by atoms with Crippen LogP contribution in [0.25, 0.3) is 116 Å². The summed E-state index contributed by atoms with van der Waals surface area (Å²) in [6.45, 7) is 0. The molecule has 0 saturated carbocycles. The van der Waals surface area contributed by atoms with Crippen molar-refractivity contribution in [1.29, 1.82) is 0 Å². The molecule has 0 aliphatic rings. The third-order valence-corrected chi connectivity index (χ3v) is 14.1. The molecule has 3 heterocycles. The summed E-state index contributed by atoms with van der Waals surface area (Å²) in [5, 5.41) is 29.5. The lowest BCUT2D eigenvalue weighted by Gasteiger charge is -2.11. The SMILES string of the molecule is O=[N+]([O-])c1ccccc1-c1cc2ccc3ccccc3c2c2c1sc1ccccc12.c1ccc2c(c1)ccc1c3[nH]c4ccccc4c3c3sc4ccccc4c3c21. The van der Waals surface area contributed by atoms with E-state index in [9.17, 15) is 10.1 Å². The Labute approximate surface area is 339 Å². The third-order valence-electron chi connectivity index (χ3n) is 11.7. The van der Waals surface area contributed by atoms with Crippen molar-refractivity contribution in [3.8, 4) is 11.1 Å². The maximum Gasteiger partial charge on any atom is 0.277 e. The average molecular weight is 779 g/mol. The van der Waals surface area contributed by atoms with Crippen molar-refractivity contribution in [2.75, 3.05) is 0 Å². The summed E-state index contributed by atoms with van der Waals surface area (Å²) in [7, 11) is 0. The summed E-state index contributed by atoms with van der Waals surface area (Å²) in [5.74, 6) is 0. The molecule has 0 saturated heterocycles. The molecule has 1 N–H and O–H groups in total. The Morgan fingerprint density at radius 3 is 1.67 bits per heavy atom. The predicted octanol–water partition coefficient (Wildman–Crippen LogP) is 15.9. The minimum atomic E-state index is -0.293. The van der Waals surface area contributed by atoms with E-state index in [1.807, 2.05) is 29.5 Å². The van der Waals surface area contributed by atoms with Gasteiger partial charge >= 0.3 is 0 Å². The zero-order chi connectivity index (χ0) is 38.5. The maximum atomic E-state index is 11.8. The van der Waals surface area contributed by atoms with Gasteiger partial charge in [-0.1, -0.05) is 140 Å². The van der Waals surface area contributed by atoms with Crippen LogP contribution in [0.1, 0.15) is 0 Å². The Morgan fingerprint density at radius 1 is 0.414 bits per heavy atom. The molecule has 3 aromatic heterocycles. The molecule has 0 atom stereocenters. The molecular formula is C52H30N2O2S2. The molecule has 0 spiro atoms. The van der Waals surface area contributed by atoms with Crippen LogP contribution in [-0.2, 0) is 0 Å². The number of H-pyrrole nitrogens is 1. The second kappa shape index (κ2) is 12.7.